The van der Waals surface area contributed by atoms with Crippen LogP contribution in [0, 0.1) is 5.92 Å². The van der Waals surface area contributed by atoms with Gasteiger partial charge in [-0.25, -0.2) is 4.98 Å². The Balaban J connectivity index is 2.01. The van der Waals surface area contributed by atoms with Crippen LogP contribution >= 0.6 is 27.5 Å². The third-order valence-electron chi connectivity index (χ3n) is 3.43. The Bertz CT molecular complexity index is 530. The zero-order chi connectivity index (χ0) is 14.7. The number of hydrogen-bond acceptors (Lipinski definition) is 3. The Kier molecular flexibility index (Phi) is 4.99. The Morgan fingerprint density at radius 1 is 1.45 bits per heavy atom. The fourth-order valence-corrected chi connectivity index (χ4v) is 2.88. The molecule has 2 heterocycles. The first kappa shape index (κ1) is 15.3. The van der Waals surface area contributed by atoms with Gasteiger partial charge >= 0.3 is 0 Å². The molecule has 0 aromatic carbocycles. The van der Waals surface area contributed by atoms with Crippen molar-refractivity contribution in [1.29, 1.82) is 0 Å². The van der Waals surface area contributed by atoms with Crippen molar-refractivity contribution in [3.8, 4) is 0 Å². The summed E-state index contributed by atoms with van der Waals surface area (Å²) in [6.45, 7) is 1.22. The number of amides is 2. The van der Waals surface area contributed by atoms with E-state index in [4.69, 9.17) is 17.3 Å². The summed E-state index contributed by atoms with van der Waals surface area (Å²) in [4.78, 5) is 29.0. The number of hydrogen-bond donors (Lipinski definition) is 1. The Labute approximate surface area is 130 Å². The molecule has 2 N–H and O–H groups in total. The van der Waals surface area contributed by atoms with Crippen LogP contribution in [0.4, 0.5) is 0 Å². The topological polar surface area (TPSA) is 76.3 Å². The van der Waals surface area contributed by atoms with Gasteiger partial charge in [0, 0.05) is 30.2 Å². The zero-order valence-electron chi connectivity index (χ0n) is 10.8. The SMILES string of the molecule is NC(=O)CC1CCN(C(=O)c2cc(Br)cnc2Cl)CC1. The second-order valence-electron chi connectivity index (χ2n) is 4.90. The highest BCUT2D eigenvalue weighted by Crippen LogP contribution is 2.24. The lowest BCUT2D eigenvalue weighted by atomic mass is 9.93. The molecule has 2 rings (SSSR count). The van der Waals surface area contributed by atoms with Crippen LogP contribution in [0.2, 0.25) is 5.15 Å². The molecule has 1 saturated heterocycles. The van der Waals surface area contributed by atoms with Crippen molar-refractivity contribution in [1.82, 2.24) is 9.88 Å². The van der Waals surface area contributed by atoms with Gasteiger partial charge in [-0.15, -0.1) is 0 Å². The summed E-state index contributed by atoms with van der Waals surface area (Å²) in [6, 6.07) is 1.67. The standard InChI is InChI=1S/C13H15BrClN3O2/c14-9-6-10(12(15)17-7-9)13(20)18-3-1-8(2-4-18)5-11(16)19/h6-8H,1-5H2,(H2,16,19). The molecule has 0 spiro atoms. The maximum absolute atomic E-state index is 12.4. The molecule has 0 aliphatic carbocycles. The average Bonchev–Trinajstić information content (AvgIpc) is 2.41. The summed E-state index contributed by atoms with van der Waals surface area (Å²) in [5, 5.41) is 0.206. The summed E-state index contributed by atoms with van der Waals surface area (Å²) in [6.07, 6.45) is 3.51. The first-order valence-corrected chi connectivity index (χ1v) is 7.53. The van der Waals surface area contributed by atoms with Gasteiger partial charge < -0.3 is 10.6 Å². The predicted molar refractivity (Wildman–Crippen MR) is 79.4 cm³/mol. The molecule has 1 aliphatic heterocycles. The van der Waals surface area contributed by atoms with Gasteiger partial charge in [-0.2, -0.15) is 0 Å². The summed E-state index contributed by atoms with van der Waals surface area (Å²) in [5.74, 6) is -0.136. The molecule has 1 aromatic heterocycles. The molecule has 20 heavy (non-hydrogen) atoms. The Morgan fingerprint density at radius 2 is 2.10 bits per heavy atom. The largest absolute Gasteiger partial charge is 0.370 e. The van der Waals surface area contributed by atoms with Gasteiger partial charge in [0.05, 0.1) is 5.56 Å². The predicted octanol–water partition coefficient (Wildman–Crippen LogP) is 2.23. The summed E-state index contributed by atoms with van der Waals surface area (Å²) in [5.41, 5.74) is 5.59. The van der Waals surface area contributed by atoms with Gasteiger partial charge in [-0.05, 0) is 40.8 Å². The number of carbonyl (C=O) groups excluding carboxylic acids is 2. The fourth-order valence-electron chi connectivity index (χ4n) is 2.37. The number of halogens is 2. The molecule has 0 bridgehead atoms. The first-order valence-electron chi connectivity index (χ1n) is 6.36. The van der Waals surface area contributed by atoms with Crippen LogP contribution in [0.1, 0.15) is 29.6 Å². The third-order valence-corrected chi connectivity index (χ3v) is 4.16. The average molecular weight is 361 g/mol. The molecule has 1 aliphatic rings. The van der Waals surface area contributed by atoms with E-state index in [-0.39, 0.29) is 22.9 Å². The molecule has 0 radical (unpaired) electrons. The van der Waals surface area contributed by atoms with Crippen molar-refractivity contribution >= 4 is 39.3 Å². The fraction of sp³-hybridized carbons (Fsp3) is 0.462. The number of likely N-dealkylation sites (tertiary alicyclic amines) is 1. The Hall–Kier alpha value is -1.14. The van der Waals surface area contributed by atoms with E-state index in [0.717, 1.165) is 12.8 Å². The zero-order valence-corrected chi connectivity index (χ0v) is 13.2. The molecule has 0 unspecified atom stereocenters. The van der Waals surface area contributed by atoms with Crippen LogP contribution < -0.4 is 5.73 Å². The molecular weight excluding hydrogens is 346 g/mol. The van der Waals surface area contributed by atoms with E-state index in [0.29, 0.717) is 29.5 Å². The first-order chi connectivity index (χ1) is 9.47. The van der Waals surface area contributed by atoms with Crippen LogP contribution in [-0.4, -0.2) is 34.8 Å². The number of piperidine rings is 1. The van der Waals surface area contributed by atoms with Gasteiger partial charge in [-0.1, -0.05) is 11.6 Å². The van der Waals surface area contributed by atoms with E-state index in [1.54, 1.807) is 17.2 Å². The molecule has 108 valence electrons. The Morgan fingerprint density at radius 3 is 2.70 bits per heavy atom. The van der Waals surface area contributed by atoms with Crippen molar-refractivity contribution in [3.63, 3.8) is 0 Å². The molecule has 7 heteroatoms. The van der Waals surface area contributed by atoms with Gasteiger partial charge in [0.1, 0.15) is 5.15 Å². The lowest BCUT2D eigenvalue weighted by molar-refractivity contribution is -0.119. The number of primary amides is 1. The highest BCUT2D eigenvalue weighted by molar-refractivity contribution is 9.10. The lowest BCUT2D eigenvalue weighted by Gasteiger charge is -2.31. The highest BCUT2D eigenvalue weighted by atomic mass is 79.9. The summed E-state index contributed by atoms with van der Waals surface area (Å²) < 4.78 is 0.717. The molecule has 0 atom stereocenters. The quantitative estimate of drug-likeness (QED) is 0.840. The van der Waals surface area contributed by atoms with Crippen LogP contribution in [0.15, 0.2) is 16.7 Å². The highest BCUT2D eigenvalue weighted by Gasteiger charge is 2.26. The van der Waals surface area contributed by atoms with E-state index >= 15 is 0 Å². The molecule has 0 saturated carbocycles. The van der Waals surface area contributed by atoms with E-state index < -0.39 is 0 Å². The van der Waals surface area contributed by atoms with Gasteiger partial charge in [-0.3, -0.25) is 9.59 Å². The minimum Gasteiger partial charge on any atom is -0.370 e. The van der Waals surface area contributed by atoms with Crippen molar-refractivity contribution < 1.29 is 9.59 Å². The van der Waals surface area contributed by atoms with Crippen LogP contribution in [0.5, 0.6) is 0 Å². The molecule has 1 fully saturated rings. The van der Waals surface area contributed by atoms with Crippen LogP contribution in [0.3, 0.4) is 0 Å². The number of carbonyl (C=O) groups is 2. The molecule has 1 aromatic rings. The van der Waals surface area contributed by atoms with Crippen molar-refractivity contribution in [2.75, 3.05) is 13.1 Å². The third kappa shape index (κ3) is 3.70. The number of pyridine rings is 1. The maximum atomic E-state index is 12.4. The smallest absolute Gasteiger partial charge is 0.257 e. The summed E-state index contributed by atoms with van der Waals surface area (Å²) >= 11 is 9.25. The van der Waals surface area contributed by atoms with E-state index in [9.17, 15) is 9.59 Å². The molecule has 2 amide bonds. The van der Waals surface area contributed by atoms with Crippen molar-refractivity contribution in [2.45, 2.75) is 19.3 Å². The minimum absolute atomic E-state index is 0.124. The number of aromatic nitrogens is 1. The monoisotopic (exact) mass is 359 g/mol. The van der Waals surface area contributed by atoms with E-state index in [1.807, 2.05) is 0 Å². The lowest BCUT2D eigenvalue weighted by Crippen LogP contribution is -2.39. The van der Waals surface area contributed by atoms with Crippen LogP contribution in [0.25, 0.3) is 0 Å². The van der Waals surface area contributed by atoms with Gasteiger partial charge in [0.2, 0.25) is 5.91 Å². The second kappa shape index (κ2) is 6.54. The summed E-state index contributed by atoms with van der Waals surface area (Å²) in [7, 11) is 0. The second-order valence-corrected chi connectivity index (χ2v) is 6.17. The number of rotatable bonds is 3. The van der Waals surface area contributed by atoms with Gasteiger partial charge in [0.15, 0.2) is 0 Å². The maximum Gasteiger partial charge on any atom is 0.257 e. The normalized spacial score (nSPS) is 16.2. The number of nitrogens with two attached hydrogens (primary N) is 1. The van der Waals surface area contributed by atoms with Crippen molar-refractivity contribution in [2.24, 2.45) is 11.7 Å². The van der Waals surface area contributed by atoms with Crippen molar-refractivity contribution in [3.05, 3.63) is 27.5 Å². The van der Waals surface area contributed by atoms with E-state index in [2.05, 4.69) is 20.9 Å². The molecule has 5 nitrogen and oxygen atoms in total. The van der Waals surface area contributed by atoms with E-state index in [1.165, 1.54) is 0 Å². The number of nitrogens with zero attached hydrogens (tertiary/aromatic N) is 2. The van der Waals surface area contributed by atoms with Gasteiger partial charge in [0.25, 0.3) is 5.91 Å². The molecular formula is C13H15BrClN3O2. The van der Waals surface area contributed by atoms with Crippen LogP contribution in [-0.2, 0) is 4.79 Å². The minimum atomic E-state index is -0.283.